The van der Waals surface area contributed by atoms with Gasteiger partial charge in [-0.1, -0.05) is 19.9 Å². The first-order valence-corrected chi connectivity index (χ1v) is 7.06. The molecule has 0 spiro atoms. The van der Waals surface area contributed by atoms with Crippen LogP contribution in [-0.4, -0.2) is 27.4 Å². The Labute approximate surface area is 123 Å². The zero-order chi connectivity index (χ0) is 15.5. The second kappa shape index (κ2) is 6.05. The molecule has 0 saturated carbocycles. The van der Waals surface area contributed by atoms with Crippen molar-refractivity contribution in [3.05, 3.63) is 46.5 Å². The number of pyridine rings is 1. The Morgan fingerprint density at radius 1 is 1.38 bits per heavy atom. The fourth-order valence-electron chi connectivity index (χ4n) is 2.26. The number of aromatic nitrogens is 2. The van der Waals surface area contributed by atoms with Gasteiger partial charge in [0.2, 0.25) is 0 Å². The molecule has 0 bridgehead atoms. The van der Waals surface area contributed by atoms with E-state index < -0.39 is 11.4 Å². The van der Waals surface area contributed by atoms with E-state index >= 15 is 0 Å². The molecule has 21 heavy (non-hydrogen) atoms. The van der Waals surface area contributed by atoms with Crippen molar-refractivity contribution >= 4 is 11.6 Å². The van der Waals surface area contributed by atoms with Gasteiger partial charge in [-0.3, -0.25) is 14.0 Å². The lowest BCUT2D eigenvalue weighted by Gasteiger charge is -2.31. The highest BCUT2D eigenvalue weighted by Gasteiger charge is 2.28. The Hall–Kier alpha value is -2.21. The van der Waals surface area contributed by atoms with Crippen LogP contribution < -0.4 is 16.6 Å². The molecule has 6 nitrogen and oxygen atoms in total. The zero-order valence-corrected chi connectivity index (χ0v) is 12.3. The molecule has 0 radical (unpaired) electrons. The van der Waals surface area contributed by atoms with E-state index in [1.54, 1.807) is 24.4 Å². The number of nitrogens with two attached hydrogens (primary N) is 1. The van der Waals surface area contributed by atoms with Crippen molar-refractivity contribution in [1.82, 2.24) is 14.7 Å². The summed E-state index contributed by atoms with van der Waals surface area (Å²) in [4.78, 5) is 28.9. The van der Waals surface area contributed by atoms with Crippen molar-refractivity contribution in [3.8, 4) is 0 Å². The third kappa shape index (κ3) is 2.80. The third-order valence-corrected chi connectivity index (χ3v) is 3.98. The highest BCUT2D eigenvalue weighted by molar-refractivity contribution is 5.94. The predicted octanol–water partition coefficient (Wildman–Crippen LogP) is 0.942. The Kier molecular flexibility index (Phi) is 4.37. The van der Waals surface area contributed by atoms with E-state index in [0.29, 0.717) is 25.0 Å². The van der Waals surface area contributed by atoms with Crippen LogP contribution in [0.15, 0.2) is 35.4 Å². The monoisotopic (exact) mass is 288 g/mol. The predicted molar refractivity (Wildman–Crippen MR) is 81.3 cm³/mol. The largest absolute Gasteiger partial charge is 0.345 e. The summed E-state index contributed by atoms with van der Waals surface area (Å²) < 4.78 is 1.36. The Morgan fingerprint density at radius 2 is 2.10 bits per heavy atom. The van der Waals surface area contributed by atoms with Crippen molar-refractivity contribution in [2.24, 2.45) is 5.73 Å². The lowest BCUT2D eigenvalue weighted by Crippen LogP contribution is -2.53. The molecule has 0 aliphatic carbocycles. The fraction of sp³-hybridized carbons (Fsp3) is 0.400. The van der Waals surface area contributed by atoms with E-state index in [0.717, 1.165) is 0 Å². The summed E-state index contributed by atoms with van der Waals surface area (Å²) in [6.45, 7) is 4.25. The molecular formula is C15H20N4O2. The summed E-state index contributed by atoms with van der Waals surface area (Å²) in [6, 6.07) is 5.22. The highest BCUT2D eigenvalue weighted by atomic mass is 16.2. The molecule has 2 aromatic rings. The minimum atomic E-state index is -0.486. The third-order valence-electron chi connectivity index (χ3n) is 3.98. The lowest BCUT2D eigenvalue weighted by molar-refractivity contribution is 0.0893. The maximum atomic E-state index is 12.4. The van der Waals surface area contributed by atoms with E-state index in [-0.39, 0.29) is 11.1 Å². The van der Waals surface area contributed by atoms with Crippen molar-refractivity contribution in [3.63, 3.8) is 0 Å². The summed E-state index contributed by atoms with van der Waals surface area (Å²) in [7, 11) is 0. The van der Waals surface area contributed by atoms with Gasteiger partial charge in [0.05, 0.1) is 5.54 Å². The van der Waals surface area contributed by atoms with Gasteiger partial charge in [-0.05, 0) is 25.0 Å². The first-order valence-electron chi connectivity index (χ1n) is 7.06. The number of rotatable bonds is 5. The van der Waals surface area contributed by atoms with Crippen LogP contribution in [0.5, 0.6) is 0 Å². The fourth-order valence-corrected chi connectivity index (χ4v) is 2.26. The maximum Gasteiger partial charge on any atom is 0.270 e. The van der Waals surface area contributed by atoms with Crippen LogP contribution in [0.1, 0.15) is 37.0 Å². The van der Waals surface area contributed by atoms with Gasteiger partial charge in [-0.2, -0.15) is 0 Å². The molecule has 0 fully saturated rings. The van der Waals surface area contributed by atoms with Crippen molar-refractivity contribution in [2.75, 3.05) is 6.54 Å². The van der Waals surface area contributed by atoms with Gasteiger partial charge in [-0.15, -0.1) is 0 Å². The highest BCUT2D eigenvalue weighted by Crippen LogP contribution is 2.13. The average Bonchev–Trinajstić information content (AvgIpc) is 2.53. The molecule has 0 aliphatic heterocycles. The number of nitrogens with zero attached hydrogens (tertiary/aromatic N) is 2. The molecular weight excluding hydrogens is 268 g/mol. The SMILES string of the molecule is CCC(CC)(CN)NC(=O)c1cnc2ccccn2c1=O. The molecule has 112 valence electrons. The number of nitrogens with one attached hydrogen (secondary N) is 1. The quantitative estimate of drug-likeness (QED) is 0.857. The second-order valence-corrected chi connectivity index (χ2v) is 5.05. The van der Waals surface area contributed by atoms with E-state index in [4.69, 9.17) is 5.73 Å². The summed E-state index contributed by atoms with van der Waals surface area (Å²) in [5.41, 5.74) is 5.44. The van der Waals surface area contributed by atoms with Crippen LogP contribution in [0.4, 0.5) is 0 Å². The standard InChI is InChI=1S/C15H20N4O2/c1-3-15(4-2,10-16)18-13(20)11-9-17-12-7-5-6-8-19(12)14(11)21/h5-9H,3-4,10,16H2,1-2H3,(H,18,20). The van der Waals surface area contributed by atoms with Crippen LogP contribution in [0.3, 0.4) is 0 Å². The molecule has 6 heteroatoms. The summed E-state index contributed by atoms with van der Waals surface area (Å²) >= 11 is 0. The van der Waals surface area contributed by atoms with Gasteiger partial charge in [0, 0.05) is 18.9 Å². The topological polar surface area (TPSA) is 89.5 Å². The zero-order valence-electron chi connectivity index (χ0n) is 12.3. The summed E-state index contributed by atoms with van der Waals surface area (Å²) in [5, 5.41) is 2.88. The number of hydrogen-bond donors (Lipinski definition) is 2. The van der Waals surface area contributed by atoms with Crippen LogP contribution in [0.25, 0.3) is 5.65 Å². The van der Waals surface area contributed by atoms with E-state index in [2.05, 4.69) is 10.3 Å². The normalized spacial score (nSPS) is 11.6. The molecule has 2 aromatic heterocycles. The summed E-state index contributed by atoms with van der Waals surface area (Å²) in [6.07, 6.45) is 4.32. The van der Waals surface area contributed by atoms with E-state index in [9.17, 15) is 9.59 Å². The molecule has 0 aliphatic rings. The van der Waals surface area contributed by atoms with Gasteiger partial charge >= 0.3 is 0 Å². The molecule has 1 amide bonds. The first-order chi connectivity index (χ1) is 10.1. The number of hydrogen-bond acceptors (Lipinski definition) is 4. The average molecular weight is 288 g/mol. The second-order valence-electron chi connectivity index (χ2n) is 5.05. The van der Waals surface area contributed by atoms with E-state index in [1.807, 2.05) is 13.8 Å². The number of amides is 1. The molecule has 0 unspecified atom stereocenters. The Bertz CT molecular complexity index is 696. The number of fused-ring (bicyclic) bond motifs is 1. The number of carbonyl (C=O) groups excluding carboxylic acids is 1. The van der Waals surface area contributed by atoms with Gasteiger partial charge in [0.15, 0.2) is 0 Å². The van der Waals surface area contributed by atoms with Crippen molar-refractivity contribution in [1.29, 1.82) is 0 Å². The van der Waals surface area contributed by atoms with Crippen molar-refractivity contribution in [2.45, 2.75) is 32.2 Å². The van der Waals surface area contributed by atoms with E-state index in [1.165, 1.54) is 10.6 Å². The van der Waals surface area contributed by atoms with Crippen LogP contribution in [0, 0.1) is 0 Å². The minimum absolute atomic E-state index is 0.0263. The van der Waals surface area contributed by atoms with Crippen LogP contribution in [0.2, 0.25) is 0 Å². The first kappa shape index (κ1) is 15.2. The molecule has 0 aromatic carbocycles. The lowest BCUT2D eigenvalue weighted by atomic mass is 9.92. The van der Waals surface area contributed by atoms with Gasteiger partial charge in [0.1, 0.15) is 11.2 Å². The smallest absolute Gasteiger partial charge is 0.270 e. The Balaban J connectivity index is 2.40. The van der Waals surface area contributed by atoms with Crippen LogP contribution in [-0.2, 0) is 0 Å². The summed E-state index contributed by atoms with van der Waals surface area (Å²) in [5.74, 6) is -0.431. The number of carbonyl (C=O) groups is 1. The van der Waals surface area contributed by atoms with Crippen LogP contribution >= 0.6 is 0 Å². The molecule has 2 heterocycles. The van der Waals surface area contributed by atoms with Crippen molar-refractivity contribution < 1.29 is 4.79 Å². The van der Waals surface area contributed by atoms with Gasteiger partial charge in [-0.25, -0.2) is 4.98 Å². The molecule has 0 saturated heterocycles. The Morgan fingerprint density at radius 3 is 2.71 bits per heavy atom. The molecule has 2 rings (SSSR count). The minimum Gasteiger partial charge on any atom is -0.345 e. The molecule has 0 atom stereocenters. The van der Waals surface area contributed by atoms with Gasteiger partial charge < -0.3 is 11.1 Å². The van der Waals surface area contributed by atoms with Gasteiger partial charge in [0.25, 0.3) is 11.5 Å². The molecule has 3 N–H and O–H groups in total. The maximum absolute atomic E-state index is 12.4.